The van der Waals surface area contributed by atoms with Gasteiger partial charge in [-0.2, -0.15) is 5.10 Å². The van der Waals surface area contributed by atoms with Crippen LogP contribution in [0.5, 0.6) is 5.75 Å². The van der Waals surface area contributed by atoms with Gasteiger partial charge >= 0.3 is 0 Å². The molecule has 0 bridgehead atoms. The standard InChI is InChI=1S/C15H19N3O3/c1-5-15(2,3)21-14-7-6-11(18(19)20)10-12(14)13-8-9-16-17(13)4/h6-10H,5H2,1-4H3. The van der Waals surface area contributed by atoms with E-state index in [9.17, 15) is 10.1 Å². The van der Waals surface area contributed by atoms with Gasteiger partial charge in [0.1, 0.15) is 11.4 Å². The second-order valence-electron chi connectivity index (χ2n) is 5.49. The smallest absolute Gasteiger partial charge is 0.270 e. The highest BCUT2D eigenvalue weighted by atomic mass is 16.6. The quantitative estimate of drug-likeness (QED) is 0.623. The van der Waals surface area contributed by atoms with Crippen LogP contribution in [-0.2, 0) is 7.05 Å². The van der Waals surface area contributed by atoms with Crippen LogP contribution in [0.15, 0.2) is 30.5 Å². The molecular weight excluding hydrogens is 270 g/mol. The lowest BCUT2D eigenvalue weighted by Gasteiger charge is -2.26. The molecule has 0 atom stereocenters. The summed E-state index contributed by atoms with van der Waals surface area (Å²) < 4.78 is 7.70. The number of benzene rings is 1. The van der Waals surface area contributed by atoms with Crippen molar-refractivity contribution in [1.29, 1.82) is 0 Å². The minimum atomic E-state index is -0.408. The molecule has 0 amide bonds. The van der Waals surface area contributed by atoms with Gasteiger partial charge in [0, 0.05) is 30.9 Å². The fraction of sp³-hybridized carbons (Fsp3) is 0.400. The molecule has 0 fully saturated rings. The first kappa shape index (κ1) is 15.0. The summed E-state index contributed by atoms with van der Waals surface area (Å²) >= 11 is 0. The minimum absolute atomic E-state index is 0.0351. The molecule has 2 aromatic rings. The molecule has 21 heavy (non-hydrogen) atoms. The van der Waals surface area contributed by atoms with Gasteiger partial charge in [-0.1, -0.05) is 6.92 Å². The summed E-state index contributed by atoms with van der Waals surface area (Å²) in [5.74, 6) is 0.621. The molecule has 0 N–H and O–H groups in total. The van der Waals surface area contributed by atoms with Crippen LogP contribution in [0.1, 0.15) is 27.2 Å². The highest BCUT2D eigenvalue weighted by Crippen LogP contribution is 2.35. The Morgan fingerprint density at radius 3 is 2.62 bits per heavy atom. The number of aryl methyl sites for hydroxylation is 1. The third-order valence-electron chi connectivity index (χ3n) is 3.51. The van der Waals surface area contributed by atoms with Gasteiger partial charge in [-0.15, -0.1) is 0 Å². The Hall–Kier alpha value is -2.37. The number of nitrogens with zero attached hydrogens (tertiary/aromatic N) is 3. The van der Waals surface area contributed by atoms with Crippen LogP contribution in [0.4, 0.5) is 5.69 Å². The zero-order valence-electron chi connectivity index (χ0n) is 12.7. The van der Waals surface area contributed by atoms with E-state index in [0.717, 1.165) is 12.1 Å². The highest BCUT2D eigenvalue weighted by molar-refractivity contribution is 5.70. The molecular formula is C15H19N3O3. The van der Waals surface area contributed by atoms with Crippen LogP contribution < -0.4 is 4.74 Å². The Morgan fingerprint density at radius 1 is 1.38 bits per heavy atom. The lowest BCUT2D eigenvalue weighted by Crippen LogP contribution is -2.27. The van der Waals surface area contributed by atoms with Crippen LogP contribution >= 0.6 is 0 Å². The first-order chi connectivity index (χ1) is 9.84. The first-order valence-electron chi connectivity index (χ1n) is 6.80. The van der Waals surface area contributed by atoms with Crippen molar-refractivity contribution in [3.63, 3.8) is 0 Å². The molecule has 2 rings (SSSR count). The number of ether oxygens (including phenoxy) is 1. The van der Waals surface area contributed by atoms with E-state index in [2.05, 4.69) is 5.10 Å². The molecule has 0 unspecified atom stereocenters. The fourth-order valence-corrected chi connectivity index (χ4v) is 1.93. The average Bonchev–Trinajstić information content (AvgIpc) is 2.85. The molecule has 112 valence electrons. The van der Waals surface area contributed by atoms with Crippen molar-refractivity contribution in [3.8, 4) is 17.0 Å². The highest BCUT2D eigenvalue weighted by Gasteiger charge is 2.22. The second-order valence-corrected chi connectivity index (χ2v) is 5.49. The fourth-order valence-electron chi connectivity index (χ4n) is 1.93. The summed E-state index contributed by atoms with van der Waals surface area (Å²) in [6, 6.07) is 6.45. The zero-order valence-corrected chi connectivity index (χ0v) is 12.7. The Bertz CT molecular complexity index is 662. The van der Waals surface area contributed by atoms with E-state index >= 15 is 0 Å². The number of nitro groups is 1. The molecule has 6 nitrogen and oxygen atoms in total. The Morgan fingerprint density at radius 2 is 2.10 bits per heavy atom. The molecule has 0 saturated carbocycles. The Kier molecular flexibility index (Phi) is 3.97. The van der Waals surface area contributed by atoms with Crippen molar-refractivity contribution in [3.05, 3.63) is 40.6 Å². The van der Waals surface area contributed by atoms with Crippen LogP contribution in [-0.4, -0.2) is 20.3 Å². The minimum Gasteiger partial charge on any atom is -0.487 e. The van der Waals surface area contributed by atoms with Gasteiger partial charge in [0.25, 0.3) is 5.69 Å². The summed E-state index contributed by atoms with van der Waals surface area (Å²) in [5.41, 5.74) is 1.14. The third-order valence-corrected chi connectivity index (χ3v) is 3.51. The number of hydrogen-bond donors (Lipinski definition) is 0. The summed E-state index contributed by atoms with van der Waals surface area (Å²) in [6.07, 6.45) is 2.48. The van der Waals surface area contributed by atoms with Crippen LogP contribution in [0.3, 0.4) is 0 Å². The van der Waals surface area contributed by atoms with E-state index in [-0.39, 0.29) is 11.3 Å². The van der Waals surface area contributed by atoms with E-state index in [4.69, 9.17) is 4.74 Å². The Labute approximate surface area is 123 Å². The van der Waals surface area contributed by atoms with Gasteiger partial charge < -0.3 is 4.74 Å². The lowest BCUT2D eigenvalue weighted by atomic mass is 10.1. The maximum absolute atomic E-state index is 11.0. The molecule has 0 aliphatic rings. The second kappa shape index (κ2) is 5.55. The Balaban J connectivity index is 2.55. The topological polar surface area (TPSA) is 70.2 Å². The third kappa shape index (κ3) is 3.21. The van der Waals surface area contributed by atoms with Gasteiger partial charge in [0.2, 0.25) is 0 Å². The maximum Gasteiger partial charge on any atom is 0.270 e. The van der Waals surface area contributed by atoms with Crippen LogP contribution in [0.25, 0.3) is 11.3 Å². The molecule has 0 spiro atoms. The normalized spacial score (nSPS) is 11.4. The molecule has 1 aromatic carbocycles. The van der Waals surface area contributed by atoms with Crippen LogP contribution in [0, 0.1) is 10.1 Å². The number of hydrogen-bond acceptors (Lipinski definition) is 4. The molecule has 1 aromatic heterocycles. The van der Waals surface area contributed by atoms with Gasteiger partial charge in [0.05, 0.1) is 10.6 Å². The largest absolute Gasteiger partial charge is 0.487 e. The zero-order chi connectivity index (χ0) is 15.6. The number of rotatable bonds is 5. The molecule has 1 heterocycles. The lowest BCUT2D eigenvalue weighted by molar-refractivity contribution is -0.384. The van der Waals surface area contributed by atoms with Crippen molar-refractivity contribution in [2.45, 2.75) is 32.8 Å². The van der Waals surface area contributed by atoms with E-state index in [1.807, 2.05) is 26.8 Å². The number of non-ortho nitro benzene ring substituents is 1. The van der Waals surface area contributed by atoms with Gasteiger partial charge in [0.15, 0.2) is 0 Å². The van der Waals surface area contributed by atoms with E-state index in [0.29, 0.717) is 11.3 Å². The summed E-state index contributed by atoms with van der Waals surface area (Å²) in [5, 5.41) is 15.1. The van der Waals surface area contributed by atoms with E-state index < -0.39 is 4.92 Å². The van der Waals surface area contributed by atoms with E-state index in [1.165, 1.54) is 12.1 Å². The van der Waals surface area contributed by atoms with Crippen LogP contribution in [0.2, 0.25) is 0 Å². The van der Waals surface area contributed by atoms with Gasteiger partial charge in [-0.3, -0.25) is 14.8 Å². The molecule has 0 aliphatic heterocycles. The van der Waals surface area contributed by atoms with E-state index in [1.54, 1.807) is 24.0 Å². The summed E-state index contributed by atoms with van der Waals surface area (Å²) in [6.45, 7) is 6.01. The molecule has 0 radical (unpaired) electrons. The van der Waals surface area contributed by atoms with Crippen molar-refractivity contribution < 1.29 is 9.66 Å². The predicted octanol–water partition coefficient (Wildman–Crippen LogP) is 3.56. The van der Waals surface area contributed by atoms with Gasteiger partial charge in [-0.25, -0.2) is 0 Å². The maximum atomic E-state index is 11.0. The van der Waals surface area contributed by atoms with Crippen molar-refractivity contribution in [1.82, 2.24) is 9.78 Å². The number of aromatic nitrogens is 2. The van der Waals surface area contributed by atoms with Crippen molar-refractivity contribution >= 4 is 5.69 Å². The summed E-state index contributed by atoms with van der Waals surface area (Å²) in [4.78, 5) is 10.6. The van der Waals surface area contributed by atoms with Crippen molar-refractivity contribution in [2.75, 3.05) is 0 Å². The molecule has 0 aliphatic carbocycles. The van der Waals surface area contributed by atoms with Gasteiger partial charge in [-0.05, 0) is 32.4 Å². The molecule has 0 saturated heterocycles. The van der Waals surface area contributed by atoms with Crippen molar-refractivity contribution in [2.24, 2.45) is 7.05 Å². The number of nitro benzene ring substituents is 1. The monoisotopic (exact) mass is 289 g/mol. The summed E-state index contributed by atoms with van der Waals surface area (Å²) in [7, 11) is 1.79. The molecule has 6 heteroatoms. The first-order valence-corrected chi connectivity index (χ1v) is 6.80. The average molecular weight is 289 g/mol. The SMILES string of the molecule is CCC(C)(C)Oc1ccc([N+](=O)[O-])cc1-c1ccnn1C. The predicted molar refractivity (Wildman–Crippen MR) is 80.3 cm³/mol.